The number of benzene rings is 2. The first-order valence-electron chi connectivity index (χ1n) is 9.38. The summed E-state index contributed by atoms with van der Waals surface area (Å²) in [6, 6.07) is 12.7. The molecule has 2 heterocycles. The van der Waals surface area contributed by atoms with Crippen molar-refractivity contribution in [1.82, 2.24) is 10.2 Å². The maximum atomic E-state index is 13.1. The molecule has 2 aliphatic rings. The van der Waals surface area contributed by atoms with Gasteiger partial charge in [0.1, 0.15) is 6.04 Å². The van der Waals surface area contributed by atoms with Crippen LogP contribution in [0.15, 0.2) is 60.3 Å². The number of likely N-dealkylation sites (N-methyl/N-ethyl adjacent to an activating group) is 1. The van der Waals surface area contributed by atoms with Crippen LogP contribution < -0.4 is 15.5 Å². The van der Waals surface area contributed by atoms with Crippen LogP contribution in [0.25, 0.3) is 0 Å². The van der Waals surface area contributed by atoms with Gasteiger partial charge in [-0.2, -0.15) is 0 Å². The molecule has 2 aromatic carbocycles. The minimum atomic E-state index is -0.702. The van der Waals surface area contributed by atoms with Crippen LogP contribution in [0.4, 0.5) is 16.2 Å². The summed E-state index contributed by atoms with van der Waals surface area (Å²) in [5.41, 5.74) is 3.63. The van der Waals surface area contributed by atoms with Gasteiger partial charge in [-0.1, -0.05) is 35.4 Å². The average Bonchev–Trinajstić information content (AvgIpc) is 3.01. The summed E-state index contributed by atoms with van der Waals surface area (Å²) in [5, 5.41) is 5.66. The Hall–Kier alpha value is -3.61. The van der Waals surface area contributed by atoms with Crippen LogP contribution in [0.2, 0.25) is 0 Å². The highest BCUT2D eigenvalue weighted by molar-refractivity contribution is 6.20. The van der Waals surface area contributed by atoms with Crippen molar-refractivity contribution in [3.05, 3.63) is 71.4 Å². The predicted octanol–water partition coefficient (Wildman–Crippen LogP) is 2.56. The van der Waals surface area contributed by atoms with Gasteiger partial charge in [0.15, 0.2) is 0 Å². The number of aryl methyl sites for hydroxylation is 2. The highest BCUT2D eigenvalue weighted by Crippen LogP contribution is 2.30. The van der Waals surface area contributed by atoms with Crippen molar-refractivity contribution in [3.8, 4) is 0 Å². The monoisotopic (exact) mass is 390 g/mol. The number of amides is 4. The molecule has 2 aliphatic heterocycles. The molecule has 29 heavy (non-hydrogen) atoms. The molecule has 2 aromatic rings. The zero-order chi connectivity index (χ0) is 20.7. The molecule has 4 rings (SSSR count). The summed E-state index contributed by atoms with van der Waals surface area (Å²) >= 11 is 0. The molecule has 0 aliphatic carbocycles. The van der Waals surface area contributed by atoms with E-state index in [-0.39, 0.29) is 11.8 Å². The summed E-state index contributed by atoms with van der Waals surface area (Å²) < 4.78 is 0. The fraction of sp³-hybridized carbons (Fsp3) is 0.227. The van der Waals surface area contributed by atoms with Crippen LogP contribution in [0.3, 0.4) is 0 Å². The van der Waals surface area contributed by atoms with Gasteiger partial charge >= 0.3 is 6.03 Å². The number of hydrogen-bond donors (Lipinski definition) is 2. The molecule has 7 nitrogen and oxygen atoms in total. The summed E-state index contributed by atoms with van der Waals surface area (Å²) in [6.45, 7) is 3.90. The number of hydrogen-bond acceptors (Lipinski definition) is 4. The van der Waals surface area contributed by atoms with Gasteiger partial charge in [0.05, 0.1) is 17.3 Å². The summed E-state index contributed by atoms with van der Waals surface area (Å²) in [5.74, 6) is -0.704. The standard InChI is InChI=1S/C22H22N4O3/c1-13-4-8-15(9-5-13)23-20(27)17-12-25(3)19-18(17)24-22(29)26(21(19)28)16-10-6-14(2)7-11-16/h4-12,18-19H,1-3H3,(H,23,27)(H,24,29). The molecule has 7 heteroatoms. The molecule has 4 amide bonds. The number of imide groups is 1. The van der Waals surface area contributed by atoms with Crippen molar-refractivity contribution in [2.75, 3.05) is 17.3 Å². The topological polar surface area (TPSA) is 81.8 Å². The minimum Gasteiger partial charge on any atom is -0.366 e. The Labute approximate surface area is 169 Å². The van der Waals surface area contributed by atoms with Crippen molar-refractivity contribution >= 4 is 29.2 Å². The van der Waals surface area contributed by atoms with E-state index in [0.29, 0.717) is 16.9 Å². The predicted molar refractivity (Wildman–Crippen MR) is 110 cm³/mol. The molecule has 2 atom stereocenters. The Morgan fingerprint density at radius 3 is 2.17 bits per heavy atom. The van der Waals surface area contributed by atoms with E-state index in [0.717, 1.165) is 16.0 Å². The molecule has 148 valence electrons. The Balaban J connectivity index is 1.56. The Kier molecular flexibility index (Phi) is 4.58. The van der Waals surface area contributed by atoms with Crippen LogP contribution in [0, 0.1) is 13.8 Å². The highest BCUT2D eigenvalue weighted by atomic mass is 16.2. The maximum absolute atomic E-state index is 13.1. The number of urea groups is 1. The van der Waals surface area contributed by atoms with E-state index in [4.69, 9.17) is 0 Å². The van der Waals surface area contributed by atoms with E-state index < -0.39 is 18.1 Å². The zero-order valence-corrected chi connectivity index (χ0v) is 16.5. The largest absolute Gasteiger partial charge is 0.366 e. The fourth-order valence-electron chi connectivity index (χ4n) is 3.67. The third-order valence-corrected chi connectivity index (χ3v) is 5.25. The number of nitrogens with one attached hydrogen (secondary N) is 2. The van der Waals surface area contributed by atoms with Gasteiger partial charge in [-0.25, -0.2) is 9.69 Å². The molecule has 2 N–H and O–H groups in total. The first-order chi connectivity index (χ1) is 13.8. The molecule has 0 radical (unpaired) electrons. The maximum Gasteiger partial charge on any atom is 0.329 e. The van der Waals surface area contributed by atoms with Crippen molar-refractivity contribution in [3.63, 3.8) is 0 Å². The van der Waals surface area contributed by atoms with Crippen LogP contribution in [-0.4, -0.2) is 41.9 Å². The third kappa shape index (κ3) is 3.35. The molecule has 0 bridgehead atoms. The molecule has 2 unspecified atom stereocenters. The van der Waals surface area contributed by atoms with Gasteiger partial charge < -0.3 is 15.5 Å². The number of fused-ring (bicyclic) bond motifs is 1. The fourth-order valence-corrected chi connectivity index (χ4v) is 3.67. The van der Waals surface area contributed by atoms with E-state index in [1.165, 1.54) is 0 Å². The lowest BCUT2D eigenvalue weighted by atomic mass is 9.99. The first-order valence-corrected chi connectivity index (χ1v) is 9.38. The van der Waals surface area contributed by atoms with Crippen molar-refractivity contribution in [1.29, 1.82) is 0 Å². The lowest BCUT2D eigenvalue weighted by Gasteiger charge is -2.37. The van der Waals surface area contributed by atoms with Crippen molar-refractivity contribution in [2.24, 2.45) is 0 Å². The van der Waals surface area contributed by atoms with Crippen molar-refractivity contribution in [2.45, 2.75) is 25.9 Å². The highest BCUT2D eigenvalue weighted by Gasteiger charge is 2.49. The van der Waals surface area contributed by atoms with Crippen LogP contribution >= 0.6 is 0 Å². The second kappa shape index (κ2) is 7.09. The molecular formula is C22H22N4O3. The van der Waals surface area contributed by atoms with E-state index in [2.05, 4.69) is 10.6 Å². The summed E-state index contributed by atoms with van der Waals surface area (Å²) in [6.07, 6.45) is 1.62. The molecule has 1 fully saturated rings. The van der Waals surface area contributed by atoms with Crippen LogP contribution in [-0.2, 0) is 9.59 Å². The molecule has 0 spiro atoms. The summed E-state index contributed by atoms with van der Waals surface area (Å²) in [4.78, 5) is 41.5. The third-order valence-electron chi connectivity index (χ3n) is 5.25. The SMILES string of the molecule is Cc1ccc(NC(=O)C2=CN(C)C3C(=O)N(c4ccc(C)cc4)C(=O)NC23)cc1. The Bertz CT molecular complexity index is 1010. The minimum absolute atomic E-state index is 0.343. The normalized spacial score (nSPS) is 20.9. The van der Waals surface area contributed by atoms with Gasteiger partial charge in [0.25, 0.3) is 11.8 Å². The van der Waals surface area contributed by atoms with E-state index in [1.807, 2.05) is 50.2 Å². The Morgan fingerprint density at radius 1 is 0.966 bits per heavy atom. The second-order valence-electron chi connectivity index (χ2n) is 7.45. The number of carbonyl (C=O) groups excluding carboxylic acids is 3. The van der Waals surface area contributed by atoms with E-state index >= 15 is 0 Å². The number of nitrogens with zero attached hydrogens (tertiary/aromatic N) is 2. The van der Waals surface area contributed by atoms with Crippen molar-refractivity contribution < 1.29 is 14.4 Å². The lowest BCUT2D eigenvalue weighted by Crippen LogP contribution is -2.65. The van der Waals surface area contributed by atoms with Gasteiger partial charge in [0.2, 0.25) is 0 Å². The molecule has 1 saturated heterocycles. The molecule has 0 aromatic heterocycles. The van der Waals surface area contributed by atoms with Gasteiger partial charge in [-0.3, -0.25) is 9.59 Å². The van der Waals surface area contributed by atoms with Gasteiger partial charge in [-0.05, 0) is 38.1 Å². The zero-order valence-electron chi connectivity index (χ0n) is 16.5. The lowest BCUT2D eigenvalue weighted by molar-refractivity contribution is -0.122. The smallest absolute Gasteiger partial charge is 0.329 e. The number of anilines is 2. The van der Waals surface area contributed by atoms with E-state index in [1.54, 1.807) is 30.3 Å². The number of carbonyl (C=O) groups is 3. The van der Waals surface area contributed by atoms with Crippen LogP contribution in [0.1, 0.15) is 11.1 Å². The molecular weight excluding hydrogens is 368 g/mol. The quantitative estimate of drug-likeness (QED) is 0.844. The number of rotatable bonds is 3. The Morgan fingerprint density at radius 2 is 1.55 bits per heavy atom. The molecule has 0 saturated carbocycles. The first kappa shape index (κ1) is 18.7. The average molecular weight is 390 g/mol. The van der Waals surface area contributed by atoms with E-state index in [9.17, 15) is 14.4 Å². The van der Waals surface area contributed by atoms with Crippen LogP contribution in [0.5, 0.6) is 0 Å². The summed E-state index contributed by atoms with van der Waals surface area (Å²) in [7, 11) is 1.73. The van der Waals surface area contributed by atoms with Gasteiger partial charge in [0, 0.05) is 18.9 Å². The van der Waals surface area contributed by atoms with Gasteiger partial charge in [-0.15, -0.1) is 0 Å². The second-order valence-corrected chi connectivity index (χ2v) is 7.45.